The Hall–Kier alpha value is -3.06. The Morgan fingerprint density at radius 2 is 2.12 bits per heavy atom. The van der Waals surface area contributed by atoms with Gasteiger partial charge >= 0.3 is 5.97 Å². The van der Waals surface area contributed by atoms with Crippen molar-refractivity contribution in [3.05, 3.63) is 47.1 Å². The highest BCUT2D eigenvalue weighted by Gasteiger charge is 2.20. The van der Waals surface area contributed by atoms with Crippen molar-refractivity contribution in [3.8, 4) is 28.4 Å². The lowest BCUT2D eigenvalue weighted by molar-refractivity contribution is 0.0698. The Balaban J connectivity index is 2.19. The van der Waals surface area contributed by atoms with Crippen LogP contribution in [-0.4, -0.2) is 33.1 Å². The summed E-state index contributed by atoms with van der Waals surface area (Å²) in [6, 6.07) is 8.12. The van der Waals surface area contributed by atoms with E-state index in [9.17, 15) is 9.90 Å². The van der Waals surface area contributed by atoms with E-state index in [4.69, 9.17) is 22.1 Å². The third-order valence-corrected chi connectivity index (χ3v) is 3.77. The van der Waals surface area contributed by atoms with Crippen LogP contribution in [0.1, 0.15) is 10.4 Å². The van der Waals surface area contributed by atoms with Gasteiger partial charge in [-0.1, -0.05) is 11.6 Å². The molecule has 0 bridgehead atoms. The number of ether oxygens (including phenoxy) is 1. The number of nitrogens with two attached hydrogens (primary N) is 1. The molecule has 0 amide bonds. The summed E-state index contributed by atoms with van der Waals surface area (Å²) in [4.78, 5) is 22.6. The van der Waals surface area contributed by atoms with Gasteiger partial charge in [-0.05, 0) is 30.3 Å². The van der Waals surface area contributed by atoms with Crippen molar-refractivity contribution < 1.29 is 14.6 Å². The number of halogens is 1. The average Bonchev–Trinajstić information content (AvgIpc) is 3.01. The highest BCUT2D eigenvalue weighted by atomic mass is 35.5. The highest BCUT2D eigenvalue weighted by molar-refractivity contribution is 6.33. The van der Waals surface area contributed by atoms with Gasteiger partial charge < -0.3 is 20.6 Å². The molecule has 3 rings (SSSR count). The van der Waals surface area contributed by atoms with Crippen LogP contribution < -0.4 is 10.5 Å². The molecule has 2 aromatic heterocycles. The van der Waals surface area contributed by atoms with Gasteiger partial charge in [0.15, 0.2) is 0 Å². The standard InChI is InChI=1S/C16H13ClN4O3/c1-24-8-2-3-11(17)9(6-8)14-10(15(22)23)7-13(20-14)12-4-5-19-16(18)21-12/h2-7,20H,1H3,(H,22,23)(H2,18,19,21). The molecule has 122 valence electrons. The first-order valence-corrected chi connectivity index (χ1v) is 7.26. The molecule has 0 unspecified atom stereocenters. The molecule has 7 nitrogen and oxygen atoms in total. The Morgan fingerprint density at radius 1 is 1.33 bits per heavy atom. The lowest BCUT2D eigenvalue weighted by atomic mass is 10.1. The van der Waals surface area contributed by atoms with Gasteiger partial charge in [-0.15, -0.1) is 0 Å². The fourth-order valence-electron chi connectivity index (χ4n) is 2.32. The first kappa shape index (κ1) is 15.8. The van der Waals surface area contributed by atoms with Gasteiger partial charge in [-0.25, -0.2) is 14.8 Å². The van der Waals surface area contributed by atoms with Crippen LogP contribution in [-0.2, 0) is 0 Å². The van der Waals surface area contributed by atoms with Crippen molar-refractivity contribution in [1.29, 1.82) is 0 Å². The number of aromatic amines is 1. The van der Waals surface area contributed by atoms with E-state index in [1.54, 1.807) is 24.3 Å². The van der Waals surface area contributed by atoms with Crippen LogP contribution in [0.25, 0.3) is 22.6 Å². The average molecular weight is 345 g/mol. The fraction of sp³-hybridized carbons (Fsp3) is 0.0625. The number of hydrogen-bond donors (Lipinski definition) is 3. The number of carboxylic acids is 1. The number of H-pyrrole nitrogens is 1. The first-order chi connectivity index (χ1) is 11.5. The van der Waals surface area contributed by atoms with Crippen molar-refractivity contribution >= 4 is 23.5 Å². The Morgan fingerprint density at radius 3 is 2.79 bits per heavy atom. The van der Waals surface area contributed by atoms with Crippen LogP contribution in [0.2, 0.25) is 5.02 Å². The predicted octanol–water partition coefficient (Wildman–Crippen LogP) is 3.08. The maximum absolute atomic E-state index is 11.6. The lowest BCUT2D eigenvalue weighted by Gasteiger charge is -2.07. The summed E-state index contributed by atoms with van der Waals surface area (Å²) in [7, 11) is 1.52. The number of methoxy groups -OCH3 is 1. The summed E-state index contributed by atoms with van der Waals surface area (Å²) in [6.07, 6.45) is 1.50. The van der Waals surface area contributed by atoms with Crippen LogP contribution in [0.5, 0.6) is 5.75 Å². The molecular formula is C16H13ClN4O3. The number of benzene rings is 1. The highest BCUT2D eigenvalue weighted by Crippen LogP contribution is 2.35. The maximum Gasteiger partial charge on any atom is 0.337 e. The number of aromatic nitrogens is 3. The van der Waals surface area contributed by atoms with Crippen LogP contribution in [0.3, 0.4) is 0 Å². The SMILES string of the molecule is COc1ccc(Cl)c(-c2[nH]c(-c3ccnc(N)n3)cc2C(=O)O)c1. The van der Waals surface area contributed by atoms with Gasteiger partial charge in [0.1, 0.15) is 5.75 Å². The molecule has 2 heterocycles. The number of nitrogens with zero attached hydrogens (tertiary/aromatic N) is 2. The van der Waals surface area contributed by atoms with E-state index >= 15 is 0 Å². The monoisotopic (exact) mass is 344 g/mol. The summed E-state index contributed by atoms with van der Waals surface area (Å²) in [5.74, 6) is -0.429. The fourth-order valence-corrected chi connectivity index (χ4v) is 2.53. The van der Waals surface area contributed by atoms with Crippen LogP contribution in [0, 0.1) is 0 Å². The lowest BCUT2D eigenvalue weighted by Crippen LogP contribution is -1.97. The Kier molecular flexibility index (Phi) is 4.09. The summed E-state index contributed by atoms with van der Waals surface area (Å²) < 4.78 is 5.18. The second-order valence-corrected chi connectivity index (χ2v) is 5.33. The van der Waals surface area contributed by atoms with E-state index in [1.807, 2.05) is 0 Å². The normalized spacial score (nSPS) is 10.6. The number of nitrogens with one attached hydrogen (secondary N) is 1. The molecule has 4 N–H and O–H groups in total. The second kappa shape index (κ2) is 6.21. The molecule has 8 heteroatoms. The van der Waals surface area contributed by atoms with E-state index in [1.165, 1.54) is 19.4 Å². The van der Waals surface area contributed by atoms with E-state index < -0.39 is 5.97 Å². The number of anilines is 1. The topological polar surface area (TPSA) is 114 Å². The van der Waals surface area contributed by atoms with Crippen molar-refractivity contribution in [2.45, 2.75) is 0 Å². The van der Waals surface area contributed by atoms with Gasteiger partial charge in [0.25, 0.3) is 0 Å². The first-order valence-electron chi connectivity index (χ1n) is 6.88. The number of nitrogen functional groups attached to an aromatic ring is 1. The van der Waals surface area contributed by atoms with Crippen molar-refractivity contribution in [2.24, 2.45) is 0 Å². The van der Waals surface area contributed by atoms with Crippen molar-refractivity contribution in [3.63, 3.8) is 0 Å². The van der Waals surface area contributed by atoms with E-state index in [-0.39, 0.29) is 11.5 Å². The molecule has 0 saturated carbocycles. The van der Waals surface area contributed by atoms with Gasteiger partial charge in [-0.2, -0.15) is 0 Å². The molecule has 0 atom stereocenters. The minimum absolute atomic E-state index is 0.0670. The van der Waals surface area contributed by atoms with Crippen LogP contribution in [0.4, 0.5) is 5.95 Å². The zero-order valence-corrected chi connectivity index (χ0v) is 13.3. The summed E-state index contributed by atoms with van der Waals surface area (Å²) in [5.41, 5.74) is 7.50. The molecule has 3 aromatic rings. The smallest absolute Gasteiger partial charge is 0.337 e. The quantitative estimate of drug-likeness (QED) is 0.670. The van der Waals surface area contributed by atoms with E-state index in [0.29, 0.717) is 33.4 Å². The van der Waals surface area contributed by atoms with Gasteiger partial charge in [0, 0.05) is 11.8 Å². The molecule has 0 aliphatic rings. The zero-order valence-electron chi connectivity index (χ0n) is 12.6. The minimum atomic E-state index is -1.09. The molecule has 0 aliphatic carbocycles. The molecule has 24 heavy (non-hydrogen) atoms. The molecular weight excluding hydrogens is 332 g/mol. The third kappa shape index (κ3) is 2.89. The number of aromatic carboxylic acids is 1. The third-order valence-electron chi connectivity index (χ3n) is 3.44. The maximum atomic E-state index is 11.6. The predicted molar refractivity (Wildman–Crippen MR) is 90.2 cm³/mol. The van der Waals surface area contributed by atoms with E-state index in [0.717, 1.165) is 0 Å². The van der Waals surface area contributed by atoms with E-state index in [2.05, 4.69) is 15.0 Å². The minimum Gasteiger partial charge on any atom is -0.497 e. The molecule has 0 fully saturated rings. The molecule has 0 aliphatic heterocycles. The molecule has 1 aromatic carbocycles. The number of carbonyl (C=O) groups is 1. The van der Waals surface area contributed by atoms with Crippen molar-refractivity contribution in [2.75, 3.05) is 12.8 Å². The van der Waals surface area contributed by atoms with Crippen LogP contribution in [0.15, 0.2) is 36.5 Å². The number of rotatable bonds is 4. The summed E-state index contributed by atoms with van der Waals surface area (Å²) in [6.45, 7) is 0. The molecule has 0 spiro atoms. The van der Waals surface area contributed by atoms with Gasteiger partial charge in [0.2, 0.25) is 5.95 Å². The Labute approximate surface area is 142 Å². The van der Waals surface area contributed by atoms with Gasteiger partial charge in [0.05, 0.1) is 34.8 Å². The Bertz CT molecular complexity index is 923. The van der Waals surface area contributed by atoms with Crippen molar-refractivity contribution in [1.82, 2.24) is 15.0 Å². The second-order valence-electron chi connectivity index (χ2n) is 4.92. The largest absolute Gasteiger partial charge is 0.497 e. The number of carboxylic acid groups (broad SMARTS) is 1. The zero-order chi connectivity index (χ0) is 17.3. The molecule has 0 radical (unpaired) electrons. The number of hydrogen-bond acceptors (Lipinski definition) is 5. The van der Waals surface area contributed by atoms with Gasteiger partial charge in [-0.3, -0.25) is 0 Å². The van der Waals surface area contributed by atoms with Crippen LogP contribution >= 0.6 is 11.6 Å². The summed E-state index contributed by atoms with van der Waals surface area (Å²) in [5, 5.41) is 9.90. The molecule has 0 saturated heterocycles. The summed E-state index contributed by atoms with van der Waals surface area (Å²) >= 11 is 6.23.